The number of rotatable bonds is 5. The van der Waals surface area contributed by atoms with Gasteiger partial charge in [-0.05, 0) is 30.0 Å². The topological polar surface area (TPSA) is 76.1 Å². The standard InChI is InChI=1S/C15H15FN4O2/c1-22-15-13(17-6-7-18-15)19-20-14(21)12-8-11(12)9-2-4-10(16)5-3-9/h2-7,11-12H,8H2,1H3,(H,17,19)(H,20,21)/t11-,12-/m1/s1. The Balaban J connectivity index is 1.56. The summed E-state index contributed by atoms with van der Waals surface area (Å²) < 4.78 is 17.9. The van der Waals surface area contributed by atoms with Crippen LogP contribution < -0.4 is 15.6 Å². The highest BCUT2D eigenvalue weighted by Crippen LogP contribution is 2.47. The first-order valence-electron chi connectivity index (χ1n) is 6.85. The fourth-order valence-corrected chi connectivity index (χ4v) is 2.34. The van der Waals surface area contributed by atoms with Gasteiger partial charge in [0.15, 0.2) is 0 Å². The number of benzene rings is 1. The number of carbonyl (C=O) groups excluding carboxylic acids is 1. The molecule has 1 aromatic heterocycles. The molecule has 0 bridgehead atoms. The van der Waals surface area contributed by atoms with Crippen LogP contribution in [0.5, 0.6) is 5.88 Å². The number of nitrogens with one attached hydrogen (secondary N) is 2. The SMILES string of the molecule is COc1nccnc1NNC(=O)[C@@H]1C[C@@H]1c1ccc(F)cc1. The summed E-state index contributed by atoms with van der Waals surface area (Å²) in [5.74, 6) is 0.238. The molecule has 6 nitrogen and oxygen atoms in total. The molecule has 114 valence electrons. The van der Waals surface area contributed by atoms with E-state index in [1.165, 1.54) is 31.6 Å². The maximum atomic E-state index is 12.9. The molecule has 1 aliphatic carbocycles. The number of carbonyl (C=O) groups is 1. The zero-order valence-corrected chi connectivity index (χ0v) is 11.9. The van der Waals surface area contributed by atoms with E-state index in [1.807, 2.05) is 0 Å². The van der Waals surface area contributed by atoms with Crippen LogP contribution in [0, 0.1) is 11.7 Å². The number of anilines is 1. The largest absolute Gasteiger partial charge is 0.478 e. The van der Waals surface area contributed by atoms with Gasteiger partial charge < -0.3 is 4.74 Å². The lowest BCUT2D eigenvalue weighted by Gasteiger charge is -2.09. The molecule has 3 rings (SSSR count). The number of nitrogens with zero attached hydrogens (tertiary/aromatic N) is 2. The molecule has 1 aliphatic rings. The van der Waals surface area contributed by atoms with E-state index in [1.54, 1.807) is 12.1 Å². The van der Waals surface area contributed by atoms with E-state index in [9.17, 15) is 9.18 Å². The Morgan fingerprint density at radius 2 is 2.00 bits per heavy atom. The van der Waals surface area contributed by atoms with Gasteiger partial charge >= 0.3 is 0 Å². The third-order valence-corrected chi connectivity index (χ3v) is 3.59. The molecule has 0 unspecified atom stereocenters. The minimum absolute atomic E-state index is 0.124. The van der Waals surface area contributed by atoms with E-state index in [-0.39, 0.29) is 23.6 Å². The third kappa shape index (κ3) is 2.98. The van der Waals surface area contributed by atoms with E-state index in [2.05, 4.69) is 20.8 Å². The van der Waals surface area contributed by atoms with Crippen molar-refractivity contribution in [1.82, 2.24) is 15.4 Å². The van der Waals surface area contributed by atoms with E-state index in [4.69, 9.17) is 4.74 Å². The van der Waals surface area contributed by atoms with Crippen LogP contribution in [0.3, 0.4) is 0 Å². The highest BCUT2D eigenvalue weighted by molar-refractivity contribution is 5.83. The molecule has 0 spiro atoms. The number of halogens is 1. The monoisotopic (exact) mass is 302 g/mol. The molecule has 0 radical (unpaired) electrons. The Bertz CT molecular complexity index is 677. The van der Waals surface area contributed by atoms with Gasteiger partial charge in [-0.2, -0.15) is 0 Å². The number of aromatic nitrogens is 2. The highest BCUT2D eigenvalue weighted by atomic mass is 19.1. The van der Waals surface area contributed by atoms with Gasteiger partial charge in [0.05, 0.1) is 7.11 Å². The first-order valence-corrected chi connectivity index (χ1v) is 6.85. The molecule has 1 saturated carbocycles. The molecule has 7 heteroatoms. The maximum Gasteiger partial charge on any atom is 0.258 e. The lowest BCUT2D eigenvalue weighted by atomic mass is 10.1. The molecular weight excluding hydrogens is 287 g/mol. The minimum Gasteiger partial charge on any atom is -0.478 e. The number of hydrogen-bond donors (Lipinski definition) is 2. The molecule has 1 fully saturated rings. The van der Waals surface area contributed by atoms with Crippen molar-refractivity contribution >= 4 is 11.7 Å². The Kier molecular flexibility index (Phi) is 3.86. The Morgan fingerprint density at radius 1 is 1.27 bits per heavy atom. The fraction of sp³-hybridized carbons (Fsp3) is 0.267. The van der Waals surface area contributed by atoms with Gasteiger partial charge in [-0.3, -0.25) is 15.6 Å². The van der Waals surface area contributed by atoms with Gasteiger partial charge in [-0.15, -0.1) is 0 Å². The summed E-state index contributed by atoms with van der Waals surface area (Å²) in [5.41, 5.74) is 6.28. The zero-order valence-electron chi connectivity index (χ0n) is 11.9. The first-order chi connectivity index (χ1) is 10.7. The average Bonchev–Trinajstić information content (AvgIpc) is 3.34. The first kappa shape index (κ1) is 14.2. The molecule has 0 aliphatic heterocycles. The molecule has 1 amide bonds. The van der Waals surface area contributed by atoms with E-state index < -0.39 is 0 Å². The van der Waals surface area contributed by atoms with Crippen molar-refractivity contribution in [2.24, 2.45) is 5.92 Å². The molecule has 1 aromatic carbocycles. The Labute approximate surface area is 126 Å². The molecule has 22 heavy (non-hydrogen) atoms. The maximum absolute atomic E-state index is 12.9. The van der Waals surface area contributed by atoms with Crippen molar-refractivity contribution in [1.29, 1.82) is 0 Å². The van der Waals surface area contributed by atoms with Gasteiger partial charge in [0.1, 0.15) is 5.82 Å². The van der Waals surface area contributed by atoms with Gasteiger partial charge in [-0.1, -0.05) is 12.1 Å². The summed E-state index contributed by atoms with van der Waals surface area (Å²) in [6.07, 6.45) is 3.74. The summed E-state index contributed by atoms with van der Waals surface area (Å²) in [6, 6.07) is 6.25. The van der Waals surface area contributed by atoms with E-state index in [0.29, 0.717) is 11.7 Å². The number of hydrogen-bond acceptors (Lipinski definition) is 5. The predicted octanol–water partition coefficient (Wildman–Crippen LogP) is 1.87. The lowest BCUT2D eigenvalue weighted by Crippen LogP contribution is -2.31. The zero-order chi connectivity index (χ0) is 15.5. The normalized spacial score (nSPS) is 19.4. The quantitative estimate of drug-likeness (QED) is 0.825. The van der Waals surface area contributed by atoms with E-state index >= 15 is 0 Å². The molecule has 0 saturated heterocycles. The number of hydrazine groups is 1. The number of ether oxygens (including phenoxy) is 1. The van der Waals surface area contributed by atoms with Gasteiger partial charge in [0.2, 0.25) is 11.7 Å². The second-order valence-electron chi connectivity index (χ2n) is 5.03. The van der Waals surface area contributed by atoms with Crippen molar-refractivity contribution in [3.8, 4) is 5.88 Å². The van der Waals surface area contributed by atoms with Crippen LogP contribution >= 0.6 is 0 Å². The molecule has 2 N–H and O–H groups in total. The van der Waals surface area contributed by atoms with Crippen LogP contribution in [0.25, 0.3) is 0 Å². The summed E-state index contributed by atoms with van der Waals surface area (Å²) in [5, 5.41) is 0. The molecular formula is C15H15FN4O2. The second-order valence-corrected chi connectivity index (χ2v) is 5.03. The van der Waals surface area contributed by atoms with Crippen LogP contribution in [-0.2, 0) is 4.79 Å². The van der Waals surface area contributed by atoms with Crippen molar-refractivity contribution in [3.05, 3.63) is 48.0 Å². The predicted molar refractivity (Wildman–Crippen MR) is 77.6 cm³/mol. The summed E-state index contributed by atoms with van der Waals surface area (Å²) in [7, 11) is 1.47. The Hall–Kier alpha value is -2.70. The summed E-state index contributed by atoms with van der Waals surface area (Å²) >= 11 is 0. The van der Waals surface area contributed by atoms with Gasteiger partial charge in [-0.25, -0.2) is 14.4 Å². The molecule has 1 heterocycles. The molecule has 2 aromatic rings. The van der Waals surface area contributed by atoms with Crippen LogP contribution in [0.1, 0.15) is 17.9 Å². The highest BCUT2D eigenvalue weighted by Gasteiger charge is 2.44. The summed E-state index contributed by atoms with van der Waals surface area (Å²) in [4.78, 5) is 20.1. The average molecular weight is 302 g/mol. The number of amides is 1. The van der Waals surface area contributed by atoms with Crippen molar-refractivity contribution < 1.29 is 13.9 Å². The fourth-order valence-electron chi connectivity index (χ4n) is 2.34. The second kappa shape index (κ2) is 5.97. The molecule has 2 atom stereocenters. The van der Waals surface area contributed by atoms with Crippen molar-refractivity contribution in [2.45, 2.75) is 12.3 Å². The van der Waals surface area contributed by atoms with Crippen LogP contribution in [0.15, 0.2) is 36.7 Å². The van der Waals surface area contributed by atoms with E-state index in [0.717, 1.165) is 12.0 Å². The minimum atomic E-state index is -0.276. The van der Waals surface area contributed by atoms with Gasteiger partial charge in [0, 0.05) is 18.3 Å². The van der Waals surface area contributed by atoms with Crippen LogP contribution in [0.2, 0.25) is 0 Å². The number of methoxy groups -OCH3 is 1. The smallest absolute Gasteiger partial charge is 0.258 e. The van der Waals surface area contributed by atoms with Gasteiger partial charge in [0.25, 0.3) is 5.88 Å². The van der Waals surface area contributed by atoms with Crippen LogP contribution in [0.4, 0.5) is 10.2 Å². The Morgan fingerprint density at radius 3 is 2.73 bits per heavy atom. The third-order valence-electron chi connectivity index (χ3n) is 3.59. The summed E-state index contributed by atoms with van der Waals surface area (Å²) in [6.45, 7) is 0. The van der Waals surface area contributed by atoms with Crippen LogP contribution in [-0.4, -0.2) is 23.0 Å². The lowest BCUT2D eigenvalue weighted by molar-refractivity contribution is -0.121. The van der Waals surface area contributed by atoms with Crippen molar-refractivity contribution in [2.75, 3.05) is 12.5 Å². The van der Waals surface area contributed by atoms with Crippen molar-refractivity contribution in [3.63, 3.8) is 0 Å².